The van der Waals surface area contributed by atoms with Crippen LogP contribution in [0.3, 0.4) is 0 Å². The third kappa shape index (κ3) is 6.42. The molecular weight excluding hydrogens is 506 g/mol. The average Bonchev–Trinajstić information content (AvgIpc) is 2.89. The second-order valence-electron chi connectivity index (χ2n) is 9.21. The Labute approximate surface area is 218 Å². The number of alkyl halides is 3. The molecule has 0 unspecified atom stereocenters. The lowest BCUT2D eigenvalue weighted by atomic mass is 9.93. The summed E-state index contributed by atoms with van der Waals surface area (Å²) in [5.41, 5.74) is -0.237. The molecule has 196 valence electrons. The number of aromatic nitrogens is 1. The van der Waals surface area contributed by atoms with Gasteiger partial charge in [-0.3, -0.25) is 4.79 Å². The number of carbonyl (C=O) groups is 1. The van der Waals surface area contributed by atoms with Gasteiger partial charge in [0.15, 0.2) is 0 Å². The van der Waals surface area contributed by atoms with Crippen molar-refractivity contribution in [2.45, 2.75) is 38.8 Å². The fourth-order valence-corrected chi connectivity index (χ4v) is 4.89. The number of halogens is 5. The number of benzene rings is 2. The minimum atomic E-state index is -4.64. The van der Waals surface area contributed by atoms with Crippen LogP contribution in [0.15, 0.2) is 54.7 Å². The second kappa shape index (κ2) is 11.5. The molecule has 2 heterocycles. The molecule has 3 aromatic rings. The highest BCUT2D eigenvalue weighted by molar-refractivity contribution is 6.31. The van der Waals surface area contributed by atoms with Crippen LogP contribution < -0.4 is 5.32 Å². The molecule has 4 rings (SSSR count). The van der Waals surface area contributed by atoms with E-state index in [1.165, 1.54) is 36.5 Å². The Kier molecular flexibility index (Phi) is 8.37. The van der Waals surface area contributed by atoms with Gasteiger partial charge in [0.2, 0.25) is 0 Å². The van der Waals surface area contributed by atoms with E-state index in [1.807, 2.05) is 0 Å². The van der Waals surface area contributed by atoms with Crippen LogP contribution in [0.25, 0.3) is 11.1 Å². The summed E-state index contributed by atoms with van der Waals surface area (Å²) in [4.78, 5) is 18.8. The van der Waals surface area contributed by atoms with Crippen molar-refractivity contribution in [2.75, 3.05) is 25.0 Å². The van der Waals surface area contributed by atoms with Gasteiger partial charge >= 0.3 is 6.18 Å². The van der Waals surface area contributed by atoms with Crippen molar-refractivity contribution in [1.82, 2.24) is 9.88 Å². The zero-order valence-corrected chi connectivity index (χ0v) is 21.2. The van der Waals surface area contributed by atoms with Crippen LogP contribution in [-0.4, -0.2) is 35.4 Å². The average molecular weight is 534 g/mol. The Hall–Kier alpha value is -3.13. The van der Waals surface area contributed by atoms with Gasteiger partial charge < -0.3 is 10.2 Å². The predicted molar refractivity (Wildman–Crippen MR) is 137 cm³/mol. The molecule has 1 fully saturated rings. The maximum Gasteiger partial charge on any atom is 0.417 e. The maximum atomic E-state index is 14.0. The van der Waals surface area contributed by atoms with Gasteiger partial charge in [0.25, 0.3) is 5.91 Å². The molecule has 9 heteroatoms. The maximum absolute atomic E-state index is 14.0. The number of nitrogens with one attached hydrogen (secondary N) is 1. The van der Waals surface area contributed by atoms with Crippen molar-refractivity contribution in [1.29, 1.82) is 0 Å². The van der Waals surface area contributed by atoms with Crippen molar-refractivity contribution in [2.24, 2.45) is 5.92 Å². The van der Waals surface area contributed by atoms with E-state index in [9.17, 15) is 22.4 Å². The molecule has 1 aliphatic rings. The Balaban J connectivity index is 1.48. The van der Waals surface area contributed by atoms with Crippen LogP contribution in [0.1, 0.15) is 47.7 Å². The molecule has 1 aliphatic heterocycles. The van der Waals surface area contributed by atoms with Gasteiger partial charge in [-0.1, -0.05) is 37.1 Å². The predicted octanol–water partition coefficient (Wildman–Crippen LogP) is 7.48. The number of pyridine rings is 1. The second-order valence-corrected chi connectivity index (χ2v) is 9.62. The molecule has 0 saturated carbocycles. The van der Waals surface area contributed by atoms with Gasteiger partial charge in [-0.15, -0.1) is 0 Å². The molecule has 0 bridgehead atoms. The summed E-state index contributed by atoms with van der Waals surface area (Å²) in [5.74, 6) is 0.218. The Morgan fingerprint density at radius 2 is 1.89 bits per heavy atom. The molecule has 0 aliphatic carbocycles. The van der Waals surface area contributed by atoms with Crippen LogP contribution >= 0.6 is 11.6 Å². The van der Waals surface area contributed by atoms with E-state index in [2.05, 4.69) is 17.2 Å². The first kappa shape index (κ1) is 26.9. The summed E-state index contributed by atoms with van der Waals surface area (Å²) in [5, 5.41) is 3.36. The van der Waals surface area contributed by atoms with E-state index in [-0.39, 0.29) is 22.6 Å². The first-order chi connectivity index (χ1) is 17.7. The summed E-state index contributed by atoms with van der Waals surface area (Å²) >= 11 is 6.04. The fourth-order valence-electron chi connectivity index (χ4n) is 4.63. The lowest BCUT2D eigenvalue weighted by Gasteiger charge is -2.31. The molecular formula is C28H28ClF4N3O. The highest BCUT2D eigenvalue weighted by Crippen LogP contribution is 2.38. The Morgan fingerprint density at radius 1 is 1.14 bits per heavy atom. The molecule has 2 aromatic carbocycles. The standard InChI is InChI=1S/C28H28ClF4N3O/c1-2-18-11-14-36(15-12-18)27(37)19-6-8-21(23(16-19)28(31,32)33)20-7-9-26(35-17-20)34-13-10-22-24(29)4-3-5-25(22)30/h3-9,16-18H,2,10-15H2,1H3,(H,34,35). The van der Waals surface area contributed by atoms with Crippen molar-refractivity contribution >= 4 is 23.3 Å². The largest absolute Gasteiger partial charge is 0.417 e. The number of rotatable bonds is 7. The van der Waals surface area contributed by atoms with Crippen LogP contribution in [0.5, 0.6) is 0 Å². The third-order valence-corrected chi connectivity index (χ3v) is 7.22. The van der Waals surface area contributed by atoms with Gasteiger partial charge in [0.1, 0.15) is 11.6 Å². The van der Waals surface area contributed by atoms with Gasteiger partial charge in [0, 0.05) is 47.5 Å². The molecule has 0 spiro atoms. The topological polar surface area (TPSA) is 45.2 Å². The normalized spacial score (nSPS) is 14.6. The lowest BCUT2D eigenvalue weighted by Crippen LogP contribution is -2.38. The zero-order valence-electron chi connectivity index (χ0n) is 20.4. The fraction of sp³-hybridized carbons (Fsp3) is 0.357. The monoisotopic (exact) mass is 533 g/mol. The number of anilines is 1. The number of hydrogen-bond acceptors (Lipinski definition) is 3. The Bertz CT molecular complexity index is 1220. The van der Waals surface area contributed by atoms with Crippen LogP contribution in [0.4, 0.5) is 23.4 Å². The van der Waals surface area contributed by atoms with Crippen molar-refractivity contribution in [3.63, 3.8) is 0 Å². The van der Waals surface area contributed by atoms with Crippen LogP contribution in [-0.2, 0) is 12.6 Å². The van der Waals surface area contributed by atoms with E-state index < -0.39 is 17.6 Å². The van der Waals surface area contributed by atoms with E-state index in [0.29, 0.717) is 48.4 Å². The lowest BCUT2D eigenvalue weighted by molar-refractivity contribution is -0.137. The van der Waals surface area contributed by atoms with Crippen molar-refractivity contribution in [3.05, 3.63) is 82.3 Å². The number of hydrogen-bond donors (Lipinski definition) is 1. The SMILES string of the molecule is CCC1CCN(C(=O)c2ccc(-c3ccc(NCCc4c(F)cccc4Cl)nc3)c(C(F)(F)F)c2)CC1. The van der Waals surface area contributed by atoms with Gasteiger partial charge in [-0.05, 0) is 67.1 Å². The first-order valence-corrected chi connectivity index (χ1v) is 12.7. The molecule has 1 N–H and O–H groups in total. The van der Waals surface area contributed by atoms with Gasteiger partial charge in [-0.25, -0.2) is 9.37 Å². The number of likely N-dealkylation sites (tertiary alicyclic amines) is 1. The molecule has 4 nitrogen and oxygen atoms in total. The quantitative estimate of drug-likeness (QED) is 0.320. The minimum Gasteiger partial charge on any atom is -0.370 e. The van der Waals surface area contributed by atoms with E-state index >= 15 is 0 Å². The number of piperidine rings is 1. The number of carbonyl (C=O) groups excluding carboxylic acids is 1. The van der Waals surface area contributed by atoms with Gasteiger partial charge in [0.05, 0.1) is 5.56 Å². The summed E-state index contributed by atoms with van der Waals surface area (Å²) in [7, 11) is 0. The summed E-state index contributed by atoms with van der Waals surface area (Å²) in [6, 6.07) is 11.3. The molecule has 37 heavy (non-hydrogen) atoms. The Morgan fingerprint density at radius 3 is 2.51 bits per heavy atom. The smallest absolute Gasteiger partial charge is 0.370 e. The molecule has 0 atom stereocenters. The van der Waals surface area contributed by atoms with Crippen molar-refractivity contribution < 1.29 is 22.4 Å². The van der Waals surface area contributed by atoms with Crippen molar-refractivity contribution in [3.8, 4) is 11.1 Å². The van der Waals surface area contributed by atoms with E-state index in [4.69, 9.17) is 11.6 Å². The molecule has 0 radical (unpaired) electrons. The summed E-state index contributed by atoms with van der Waals surface area (Å²) < 4.78 is 55.9. The molecule has 1 saturated heterocycles. The van der Waals surface area contributed by atoms with E-state index in [0.717, 1.165) is 25.3 Å². The van der Waals surface area contributed by atoms with Crippen LogP contribution in [0.2, 0.25) is 5.02 Å². The highest BCUT2D eigenvalue weighted by Gasteiger charge is 2.35. The third-order valence-electron chi connectivity index (χ3n) is 6.87. The summed E-state index contributed by atoms with van der Waals surface area (Å²) in [6.07, 6.45) is -0.204. The van der Waals surface area contributed by atoms with E-state index in [1.54, 1.807) is 17.0 Å². The number of nitrogens with zero attached hydrogens (tertiary/aromatic N) is 2. The minimum absolute atomic E-state index is 0.0316. The first-order valence-electron chi connectivity index (χ1n) is 12.3. The highest BCUT2D eigenvalue weighted by atomic mass is 35.5. The molecule has 1 aromatic heterocycles. The van der Waals surface area contributed by atoms with Crippen LogP contribution in [0, 0.1) is 11.7 Å². The van der Waals surface area contributed by atoms with Gasteiger partial charge in [-0.2, -0.15) is 13.2 Å². The molecule has 1 amide bonds. The number of amides is 1. The summed E-state index contributed by atoms with van der Waals surface area (Å²) in [6.45, 7) is 3.56. The zero-order chi connectivity index (χ0) is 26.6.